The van der Waals surface area contributed by atoms with Crippen LogP contribution in [0.25, 0.3) is 6.08 Å². The summed E-state index contributed by atoms with van der Waals surface area (Å²) in [7, 11) is 0. The van der Waals surface area contributed by atoms with E-state index in [1.165, 1.54) is 11.8 Å². The molecular formula is C19H15ClN2O3S. The quantitative estimate of drug-likeness (QED) is 0.754. The van der Waals surface area contributed by atoms with E-state index < -0.39 is 5.97 Å². The van der Waals surface area contributed by atoms with Gasteiger partial charge in [0.2, 0.25) is 0 Å². The van der Waals surface area contributed by atoms with Crippen molar-refractivity contribution in [2.75, 3.05) is 6.61 Å². The average molecular weight is 387 g/mol. The molecule has 0 aliphatic carbocycles. The Balaban J connectivity index is 2.04. The lowest BCUT2D eigenvalue weighted by Crippen LogP contribution is -2.12. The first-order valence-corrected chi connectivity index (χ1v) is 9.03. The minimum absolute atomic E-state index is 0.0529. The van der Waals surface area contributed by atoms with Gasteiger partial charge in [-0.1, -0.05) is 29.4 Å². The Morgan fingerprint density at radius 3 is 2.81 bits per heavy atom. The van der Waals surface area contributed by atoms with Crippen LogP contribution in [0, 0.1) is 0 Å². The van der Waals surface area contributed by atoms with E-state index in [1.807, 2.05) is 0 Å². The fraction of sp³-hybridized carbons (Fsp3) is 0.105. The molecule has 2 aromatic rings. The molecule has 0 atom stereocenters. The predicted molar refractivity (Wildman–Crippen MR) is 105 cm³/mol. The number of esters is 1. The normalized spacial score (nSPS) is 17.2. The van der Waals surface area contributed by atoms with Crippen LogP contribution in [-0.4, -0.2) is 27.7 Å². The zero-order chi connectivity index (χ0) is 18.5. The number of aliphatic hydroxyl groups excluding tert-OH is 1. The fourth-order valence-electron chi connectivity index (χ4n) is 2.27. The first-order valence-electron chi connectivity index (χ1n) is 7.83. The number of carbonyl (C=O) groups is 1. The van der Waals surface area contributed by atoms with E-state index in [-0.39, 0.29) is 17.9 Å². The third-order valence-corrected chi connectivity index (χ3v) is 4.67. The Bertz CT molecular complexity index is 923. The zero-order valence-electron chi connectivity index (χ0n) is 13.8. The highest BCUT2D eigenvalue weighted by Gasteiger charge is 2.33. The highest BCUT2D eigenvalue weighted by atomic mass is 35.5. The summed E-state index contributed by atoms with van der Waals surface area (Å²) in [6.45, 7) is 1.91. The van der Waals surface area contributed by atoms with Crippen molar-refractivity contribution < 1.29 is 14.6 Å². The molecule has 0 saturated carbocycles. The molecule has 1 aromatic carbocycles. The number of pyridine rings is 1. The van der Waals surface area contributed by atoms with Gasteiger partial charge in [-0.15, -0.1) is 0 Å². The van der Waals surface area contributed by atoms with E-state index in [0.29, 0.717) is 20.7 Å². The highest BCUT2D eigenvalue weighted by molar-refractivity contribution is 8.18. The number of hydrogen-bond donors (Lipinski definition) is 1. The standard InChI is InChI=1S/C19H15ClN2O3S/c1-2-25-19(24)16-17(23)15(10-12-6-8-21-9-7-12)26-18(16)22-14-5-3-4-13(20)11-14/h3-11,23H,2H2,1H3. The Morgan fingerprint density at radius 2 is 2.12 bits per heavy atom. The van der Waals surface area contributed by atoms with E-state index in [4.69, 9.17) is 16.3 Å². The Hall–Kier alpha value is -2.57. The van der Waals surface area contributed by atoms with Crippen molar-refractivity contribution in [3.63, 3.8) is 0 Å². The van der Waals surface area contributed by atoms with Gasteiger partial charge in [-0.05, 0) is 48.9 Å². The molecule has 0 fully saturated rings. The molecule has 0 spiro atoms. The largest absolute Gasteiger partial charge is 0.506 e. The fourth-order valence-corrected chi connectivity index (χ4v) is 3.49. The van der Waals surface area contributed by atoms with Crippen molar-refractivity contribution in [3.05, 3.63) is 75.6 Å². The van der Waals surface area contributed by atoms with Crippen molar-refractivity contribution in [2.45, 2.75) is 6.92 Å². The number of thioether (sulfide) groups is 1. The summed E-state index contributed by atoms with van der Waals surface area (Å²) in [5.41, 5.74) is 1.48. The molecule has 0 bridgehead atoms. The van der Waals surface area contributed by atoms with Gasteiger partial charge in [-0.3, -0.25) is 4.98 Å². The molecule has 0 saturated heterocycles. The van der Waals surface area contributed by atoms with Crippen LogP contribution in [0.2, 0.25) is 5.02 Å². The van der Waals surface area contributed by atoms with Crippen LogP contribution in [0.5, 0.6) is 0 Å². The van der Waals surface area contributed by atoms with Crippen molar-refractivity contribution in [3.8, 4) is 0 Å². The topological polar surface area (TPSA) is 71.8 Å². The first-order chi connectivity index (χ1) is 12.6. The van der Waals surface area contributed by atoms with E-state index in [1.54, 1.807) is 61.8 Å². The molecule has 5 nitrogen and oxygen atoms in total. The maximum Gasteiger partial charge on any atom is 0.344 e. The molecule has 3 rings (SSSR count). The van der Waals surface area contributed by atoms with E-state index in [2.05, 4.69) is 9.98 Å². The Labute approximate surface area is 160 Å². The van der Waals surface area contributed by atoms with Gasteiger partial charge in [0, 0.05) is 17.4 Å². The molecule has 132 valence electrons. The molecule has 1 aromatic heterocycles. The number of ether oxygens (including phenoxy) is 1. The van der Waals surface area contributed by atoms with Gasteiger partial charge >= 0.3 is 5.97 Å². The maximum absolute atomic E-state index is 12.3. The second-order valence-corrected chi connectivity index (χ2v) is 6.70. The first kappa shape index (κ1) is 18.2. The molecule has 2 heterocycles. The zero-order valence-corrected chi connectivity index (χ0v) is 15.4. The van der Waals surface area contributed by atoms with Gasteiger partial charge in [0.25, 0.3) is 0 Å². The molecule has 1 aliphatic rings. The van der Waals surface area contributed by atoms with Gasteiger partial charge in [0.1, 0.15) is 16.4 Å². The Morgan fingerprint density at radius 1 is 1.35 bits per heavy atom. The SMILES string of the molecule is CCOC(=O)C1=C(O)C(=Cc2ccncc2)SC1=Nc1cccc(Cl)c1. The summed E-state index contributed by atoms with van der Waals surface area (Å²) in [6, 6.07) is 10.6. The number of rotatable bonds is 4. The van der Waals surface area contributed by atoms with Crippen LogP contribution in [0.15, 0.2) is 70.0 Å². The molecule has 1 aliphatic heterocycles. The number of aliphatic hydroxyl groups is 1. The summed E-state index contributed by atoms with van der Waals surface area (Å²) >= 11 is 7.20. The summed E-state index contributed by atoms with van der Waals surface area (Å²) in [6.07, 6.45) is 5.07. The number of carbonyl (C=O) groups excluding carboxylic acids is 1. The van der Waals surface area contributed by atoms with Crippen LogP contribution in [-0.2, 0) is 9.53 Å². The lowest BCUT2D eigenvalue weighted by Gasteiger charge is -2.04. The van der Waals surface area contributed by atoms with E-state index >= 15 is 0 Å². The Kier molecular flexibility index (Phi) is 5.75. The van der Waals surface area contributed by atoms with Crippen LogP contribution >= 0.6 is 23.4 Å². The van der Waals surface area contributed by atoms with E-state index in [0.717, 1.165) is 5.56 Å². The van der Waals surface area contributed by atoms with Crippen molar-refractivity contribution >= 4 is 46.1 Å². The van der Waals surface area contributed by atoms with Gasteiger partial charge in [-0.25, -0.2) is 9.79 Å². The van der Waals surface area contributed by atoms with Crippen LogP contribution in [0.1, 0.15) is 12.5 Å². The van der Waals surface area contributed by atoms with Crippen molar-refractivity contribution in [1.29, 1.82) is 0 Å². The smallest absolute Gasteiger partial charge is 0.344 e. The second kappa shape index (κ2) is 8.21. The number of halogens is 1. The molecule has 26 heavy (non-hydrogen) atoms. The molecule has 0 unspecified atom stereocenters. The summed E-state index contributed by atoms with van der Waals surface area (Å²) in [4.78, 5) is 21.3. The lowest BCUT2D eigenvalue weighted by atomic mass is 10.2. The predicted octanol–water partition coefficient (Wildman–Crippen LogP) is 4.93. The molecule has 7 heteroatoms. The summed E-state index contributed by atoms with van der Waals surface area (Å²) < 4.78 is 5.07. The molecule has 0 amide bonds. The number of hydrogen-bond acceptors (Lipinski definition) is 6. The van der Waals surface area contributed by atoms with Crippen LogP contribution in [0.3, 0.4) is 0 Å². The molecular weight excluding hydrogens is 372 g/mol. The number of aliphatic imine (C=N–C) groups is 1. The number of nitrogens with zero attached hydrogens (tertiary/aromatic N) is 2. The molecule has 0 radical (unpaired) electrons. The van der Waals surface area contributed by atoms with Gasteiger partial charge in [0.05, 0.1) is 17.2 Å². The minimum atomic E-state index is -0.614. The van der Waals surface area contributed by atoms with Crippen molar-refractivity contribution in [2.24, 2.45) is 4.99 Å². The third-order valence-electron chi connectivity index (χ3n) is 3.41. The van der Waals surface area contributed by atoms with Gasteiger partial charge < -0.3 is 9.84 Å². The number of benzene rings is 1. The van der Waals surface area contributed by atoms with Crippen LogP contribution < -0.4 is 0 Å². The number of aromatic nitrogens is 1. The summed E-state index contributed by atoms with van der Waals surface area (Å²) in [5, 5.41) is 11.5. The van der Waals surface area contributed by atoms with Gasteiger partial charge in [-0.2, -0.15) is 0 Å². The third kappa shape index (κ3) is 4.15. The highest BCUT2D eigenvalue weighted by Crippen LogP contribution is 2.40. The van der Waals surface area contributed by atoms with Crippen LogP contribution in [0.4, 0.5) is 5.69 Å². The van der Waals surface area contributed by atoms with E-state index in [9.17, 15) is 9.90 Å². The van der Waals surface area contributed by atoms with Crippen molar-refractivity contribution in [1.82, 2.24) is 4.98 Å². The lowest BCUT2D eigenvalue weighted by molar-refractivity contribution is -0.138. The van der Waals surface area contributed by atoms with Gasteiger partial charge in [0.15, 0.2) is 0 Å². The maximum atomic E-state index is 12.3. The average Bonchev–Trinajstić information content (AvgIpc) is 2.91. The minimum Gasteiger partial charge on any atom is -0.506 e. The second-order valence-electron chi connectivity index (χ2n) is 5.23. The monoisotopic (exact) mass is 386 g/mol. The molecule has 1 N–H and O–H groups in total. The summed E-state index contributed by atoms with van der Waals surface area (Å²) in [5.74, 6) is -0.762.